The lowest BCUT2D eigenvalue weighted by Crippen LogP contribution is -2.36. The quantitative estimate of drug-likeness (QED) is 0.510. The molecule has 168 valence electrons. The van der Waals surface area contributed by atoms with Crippen LogP contribution in [0.3, 0.4) is 0 Å². The summed E-state index contributed by atoms with van der Waals surface area (Å²) >= 11 is 4.24. The Morgan fingerprint density at radius 1 is 1.22 bits per heavy atom. The van der Waals surface area contributed by atoms with E-state index in [1.165, 1.54) is 7.11 Å². The summed E-state index contributed by atoms with van der Waals surface area (Å²) in [5.74, 6) is 0.111. The molecule has 3 amide bonds. The fraction of sp³-hybridized carbons (Fsp3) is 0.261. The average molecular weight is 519 g/mol. The number of nitrogens with one attached hydrogen (secondary N) is 1. The number of hydrogen-bond donors (Lipinski definition) is 1. The number of nitrogens with zero attached hydrogens (tertiary/aromatic N) is 1. The minimum Gasteiger partial charge on any atom is -0.493 e. The molecule has 0 aromatic heterocycles. The van der Waals surface area contributed by atoms with Gasteiger partial charge in [0.25, 0.3) is 11.1 Å². The Balaban J connectivity index is 1.78. The number of carbonyl (C=O) groups excluding carboxylic acids is 3. The van der Waals surface area contributed by atoms with E-state index in [0.717, 1.165) is 27.8 Å². The van der Waals surface area contributed by atoms with Crippen molar-refractivity contribution in [1.82, 2.24) is 4.90 Å². The Labute approximate surface area is 199 Å². The normalized spacial score (nSPS) is 14.8. The number of amides is 3. The third-order valence-electron chi connectivity index (χ3n) is 4.76. The van der Waals surface area contributed by atoms with Gasteiger partial charge >= 0.3 is 0 Å². The molecule has 0 saturated carbocycles. The SMILES string of the molecule is CCOc1c(Br)cc(/C=C2/SC(=O)N(CC(=O)Nc3c(C)cccc3C)C2=O)cc1OC. The number of rotatable bonds is 7. The van der Waals surface area contributed by atoms with Gasteiger partial charge in [-0.15, -0.1) is 0 Å². The summed E-state index contributed by atoms with van der Waals surface area (Å²) < 4.78 is 11.6. The first-order valence-electron chi connectivity index (χ1n) is 9.86. The van der Waals surface area contributed by atoms with Gasteiger partial charge in [0.15, 0.2) is 11.5 Å². The number of hydrogen-bond acceptors (Lipinski definition) is 6. The summed E-state index contributed by atoms with van der Waals surface area (Å²) in [5.41, 5.74) is 3.15. The van der Waals surface area contributed by atoms with Gasteiger partial charge in [-0.2, -0.15) is 0 Å². The highest BCUT2D eigenvalue weighted by Gasteiger charge is 2.36. The van der Waals surface area contributed by atoms with Gasteiger partial charge in [0.2, 0.25) is 5.91 Å². The average Bonchev–Trinajstić information content (AvgIpc) is 3.00. The van der Waals surface area contributed by atoms with Crippen LogP contribution in [0.15, 0.2) is 39.7 Å². The molecule has 3 rings (SSSR count). The zero-order valence-corrected chi connectivity index (χ0v) is 20.6. The monoisotopic (exact) mass is 518 g/mol. The standard InChI is InChI=1S/C23H23BrN2O5S/c1-5-31-21-16(24)9-15(10-17(21)30-4)11-18-22(28)26(23(29)32-18)12-19(27)25-20-13(2)7-6-8-14(20)3/h6-11H,5,12H2,1-4H3,(H,25,27)/b18-11+. The van der Waals surface area contributed by atoms with E-state index in [4.69, 9.17) is 9.47 Å². The summed E-state index contributed by atoms with van der Waals surface area (Å²) in [6, 6.07) is 9.16. The summed E-state index contributed by atoms with van der Waals surface area (Å²) in [7, 11) is 1.52. The first kappa shape index (κ1) is 23.9. The van der Waals surface area contributed by atoms with Gasteiger partial charge in [-0.3, -0.25) is 19.3 Å². The number of ether oxygens (including phenoxy) is 2. The molecule has 0 unspecified atom stereocenters. The van der Waals surface area contributed by atoms with Crippen molar-refractivity contribution in [3.05, 3.63) is 56.4 Å². The number of aryl methyl sites for hydroxylation is 2. The molecule has 0 atom stereocenters. The van der Waals surface area contributed by atoms with Crippen LogP contribution in [0.25, 0.3) is 6.08 Å². The molecule has 32 heavy (non-hydrogen) atoms. The van der Waals surface area contributed by atoms with Crippen molar-refractivity contribution in [3.63, 3.8) is 0 Å². The molecular formula is C23H23BrN2O5S. The maximum absolute atomic E-state index is 12.8. The fourth-order valence-electron chi connectivity index (χ4n) is 3.23. The van der Waals surface area contributed by atoms with Gasteiger partial charge in [0.05, 0.1) is 23.1 Å². The number of anilines is 1. The number of methoxy groups -OCH3 is 1. The topological polar surface area (TPSA) is 84.9 Å². The van der Waals surface area contributed by atoms with Gasteiger partial charge in [0.1, 0.15) is 6.54 Å². The molecule has 0 aliphatic carbocycles. The van der Waals surface area contributed by atoms with Gasteiger partial charge < -0.3 is 14.8 Å². The molecule has 7 nitrogen and oxygen atoms in total. The molecule has 9 heteroatoms. The Morgan fingerprint density at radius 3 is 2.53 bits per heavy atom. The molecular weight excluding hydrogens is 496 g/mol. The van der Waals surface area contributed by atoms with Gasteiger partial charge in [-0.05, 0) is 83.4 Å². The van der Waals surface area contributed by atoms with Crippen LogP contribution in [0.4, 0.5) is 10.5 Å². The van der Waals surface area contributed by atoms with E-state index in [0.29, 0.717) is 33.8 Å². The van der Waals surface area contributed by atoms with Gasteiger partial charge in [-0.1, -0.05) is 18.2 Å². The van der Waals surface area contributed by atoms with Crippen molar-refractivity contribution in [2.75, 3.05) is 25.6 Å². The number of benzene rings is 2. The maximum Gasteiger partial charge on any atom is 0.294 e. The Hall–Kier alpha value is -2.78. The van der Waals surface area contributed by atoms with E-state index in [-0.39, 0.29) is 11.4 Å². The lowest BCUT2D eigenvalue weighted by molar-refractivity contribution is -0.127. The number of halogens is 1. The molecule has 1 heterocycles. The fourth-order valence-corrected chi connectivity index (χ4v) is 4.64. The van der Waals surface area contributed by atoms with Crippen LogP contribution in [0.1, 0.15) is 23.6 Å². The predicted octanol–water partition coefficient (Wildman–Crippen LogP) is 5.15. The highest BCUT2D eigenvalue weighted by Crippen LogP contribution is 2.39. The third kappa shape index (κ3) is 5.16. The largest absolute Gasteiger partial charge is 0.493 e. The van der Waals surface area contributed by atoms with Crippen molar-refractivity contribution in [2.24, 2.45) is 0 Å². The van der Waals surface area contributed by atoms with Crippen LogP contribution in [0, 0.1) is 13.8 Å². The van der Waals surface area contributed by atoms with Crippen molar-refractivity contribution < 1.29 is 23.9 Å². The van der Waals surface area contributed by atoms with Crippen molar-refractivity contribution in [2.45, 2.75) is 20.8 Å². The van der Waals surface area contributed by atoms with E-state index in [9.17, 15) is 14.4 Å². The van der Waals surface area contributed by atoms with Crippen LogP contribution >= 0.6 is 27.7 Å². The van der Waals surface area contributed by atoms with Crippen LogP contribution in [-0.4, -0.2) is 42.2 Å². The molecule has 0 bridgehead atoms. The van der Waals surface area contributed by atoms with Crippen molar-refractivity contribution in [1.29, 1.82) is 0 Å². The van der Waals surface area contributed by atoms with E-state index in [2.05, 4.69) is 21.2 Å². The molecule has 0 radical (unpaired) electrons. The molecule has 0 spiro atoms. The number of para-hydroxylation sites is 1. The van der Waals surface area contributed by atoms with E-state index in [1.54, 1.807) is 18.2 Å². The number of thioether (sulfide) groups is 1. The molecule has 1 N–H and O–H groups in total. The minimum absolute atomic E-state index is 0.230. The van der Waals surface area contributed by atoms with E-state index in [1.807, 2.05) is 39.0 Å². The molecule has 2 aromatic carbocycles. The maximum atomic E-state index is 12.8. The summed E-state index contributed by atoms with van der Waals surface area (Å²) in [5, 5.41) is 2.31. The first-order valence-corrected chi connectivity index (χ1v) is 11.5. The Morgan fingerprint density at radius 2 is 1.91 bits per heavy atom. The summed E-state index contributed by atoms with van der Waals surface area (Å²) in [6.07, 6.45) is 1.59. The van der Waals surface area contributed by atoms with Crippen LogP contribution in [0.5, 0.6) is 11.5 Å². The lowest BCUT2D eigenvalue weighted by Gasteiger charge is -2.15. The molecule has 1 saturated heterocycles. The van der Waals surface area contributed by atoms with Gasteiger partial charge in [-0.25, -0.2) is 0 Å². The first-order chi connectivity index (χ1) is 15.2. The van der Waals surface area contributed by atoms with Gasteiger partial charge in [0, 0.05) is 5.69 Å². The van der Waals surface area contributed by atoms with Crippen molar-refractivity contribution in [3.8, 4) is 11.5 Å². The van der Waals surface area contributed by atoms with Crippen molar-refractivity contribution >= 4 is 56.5 Å². The van der Waals surface area contributed by atoms with Crippen LogP contribution < -0.4 is 14.8 Å². The smallest absolute Gasteiger partial charge is 0.294 e. The highest BCUT2D eigenvalue weighted by atomic mass is 79.9. The lowest BCUT2D eigenvalue weighted by atomic mass is 10.1. The second-order valence-corrected chi connectivity index (χ2v) is 8.90. The molecule has 1 fully saturated rings. The molecule has 1 aliphatic heterocycles. The Bertz CT molecular complexity index is 1100. The number of carbonyl (C=O) groups is 3. The second-order valence-electron chi connectivity index (χ2n) is 7.05. The zero-order chi connectivity index (χ0) is 23.4. The molecule has 1 aliphatic rings. The zero-order valence-electron chi connectivity index (χ0n) is 18.2. The minimum atomic E-state index is -0.513. The highest BCUT2D eigenvalue weighted by molar-refractivity contribution is 9.10. The van der Waals surface area contributed by atoms with E-state index >= 15 is 0 Å². The second kappa shape index (κ2) is 10.2. The van der Waals surface area contributed by atoms with Crippen LogP contribution in [0.2, 0.25) is 0 Å². The third-order valence-corrected chi connectivity index (χ3v) is 6.26. The number of imide groups is 1. The molecule has 2 aromatic rings. The predicted molar refractivity (Wildman–Crippen MR) is 129 cm³/mol. The summed E-state index contributed by atoms with van der Waals surface area (Å²) in [6.45, 7) is 5.75. The summed E-state index contributed by atoms with van der Waals surface area (Å²) in [4.78, 5) is 39.0. The van der Waals surface area contributed by atoms with E-state index < -0.39 is 17.1 Å². The van der Waals surface area contributed by atoms with Crippen LogP contribution in [-0.2, 0) is 9.59 Å². The Kier molecular flexibility index (Phi) is 7.63.